The average Bonchev–Trinajstić information content (AvgIpc) is 2.25. The molecule has 16 heavy (non-hydrogen) atoms. The molecule has 0 radical (unpaired) electrons. The minimum absolute atomic E-state index is 0.173. The zero-order valence-electron chi connectivity index (χ0n) is 8.80. The topological polar surface area (TPSA) is 26.0 Å². The molecule has 0 fully saturated rings. The number of hydrogen-bond acceptors (Lipinski definition) is 1. The lowest BCUT2D eigenvalue weighted by molar-refractivity contribution is 0.607. The highest BCUT2D eigenvalue weighted by molar-refractivity contribution is 5.66. The standard InChI is InChI=1S/C13H11F2N/c1-8-2-4-9(5-3-8)10-6-12(15)13(16)7-11(10)14/h2-7H,16H2,1H3. The van der Waals surface area contributed by atoms with Crippen LogP contribution >= 0.6 is 0 Å². The number of benzene rings is 2. The van der Waals surface area contributed by atoms with Gasteiger partial charge in [-0.3, -0.25) is 0 Å². The summed E-state index contributed by atoms with van der Waals surface area (Å²) >= 11 is 0. The van der Waals surface area contributed by atoms with Crippen LogP contribution in [0.2, 0.25) is 0 Å². The van der Waals surface area contributed by atoms with Crippen molar-refractivity contribution in [1.29, 1.82) is 0 Å². The summed E-state index contributed by atoms with van der Waals surface area (Å²) in [5.74, 6) is -1.11. The lowest BCUT2D eigenvalue weighted by Crippen LogP contribution is -1.94. The average molecular weight is 219 g/mol. The Bertz CT molecular complexity index is 518. The van der Waals surface area contributed by atoms with E-state index in [0.29, 0.717) is 5.56 Å². The van der Waals surface area contributed by atoms with Crippen molar-refractivity contribution in [1.82, 2.24) is 0 Å². The van der Waals surface area contributed by atoms with E-state index in [4.69, 9.17) is 5.73 Å². The first-order chi connectivity index (χ1) is 7.58. The van der Waals surface area contributed by atoms with Gasteiger partial charge in [-0.2, -0.15) is 0 Å². The van der Waals surface area contributed by atoms with E-state index in [1.54, 1.807) is 12.1 Å². The highest BCUT2D eigenvalue weighted by Gasteiger charge is 2.09. The van der Waals surface area contributed by atoms with Crippen LogP contribution < -0.4 is 5.73 Å². The normalized spacial score (nSPS) is 10.4. The highest BCUT2D eigenvalue weighted by Crippen LogP contribution is 2.26. The van der Waals surface area contributed by atoms with Crippen LogP contribution in [0.3, 0.4) is 0 Å². The summed E-state index contributed by atoms with van der Waals surface area (Å²) in [5, 5.41) is 0. The minimum Gasteiger partial charge on any atom is -0.396 e. The van der Waals surface area contributed by atoms with E-state index in [1.165, 1.54) is 0 Å². The Morgan fingerprint density at radius 2 is 1.56 bits per heavy atom. The van der Waals surface area contributed by atoms with Gasteiger partial charge in [-0.15, -0.1) is 0 Å². The molecular weight excluding hydrogens is 208 g/mol. The van der Waals surface area contributed by atoms with Gasteiger partial charge in [-0.1, -0.05) is 29.8 Å². The summed E-state index contributed by atoms with van der Waals surface area (Å²) in [6, 6.07) is 9.33. The molecule has 82 valence electrons. The maximum absolute atomic E-state index is 13.6. The summed E-state index contributed by atoms with van der Waals surface area (Å²) in [6.07, 6.45) is 0. The van der Waals surface area contributed by atoms with E-state index in [0.717, 1.165) is 17.7 Å². The molecule has 3 heteroatoms. The molecule has 2 N–H and O–H groups in total. The minimum atomic E-state index is -0.600. The zero-order valence-corrected chi connectivity index (χ0v) is 8.80. The van der Waals surface area contributed by atoms with Gasteiger partial charge in [0.15, 0.2) is 0 Å². The van der Waals surface area contributed by atoms with Gasteiger partial charge in [0.05, 0.1) is 5.69 Å². The Morgan fingerprint density at radius 1 is 0.938 bits per heavy atom. The second-order valence-electron chi connectivity index (χ2n) is 3.72. The Hall–Kier alpha value is -1.90. The molecule has 0 aliphatic carbocycles. The molecular formula is C13H11F2N. The summed E-state index contributed by atoms with van der Waals surface area (Å²) in [6.45, 7) is 1.93. The third kappa shape index (κ3) is 1.89. The molecule has 2 aromatic carbocycles. The lowest BCUT2D eigenvalue weighted by atomic mass is 10.0. The molecule has 0 heterocycles. The number of nitrogens with two attached hydrogens (primary N) is 1. The van der Waals surface area contributed by atoms with Crippen LogP contribution in [0.4, 0.5) is 14.5 Å². The van der Waals surface area contributed by atoms with Crippen molar-refractivity contribution in [3.05, 3.63) is 53.6 Å². The molecule has 0 unspecified atom stereocenters. The Labute approximate surface area is 92.5 Å². The van der Waals surface area contributed by atoms with Crippen LogP contribution in [-0.4, -0.2) is 0 Å². The predicted octanol–water partition coefficient (Wildman–Crippen LogP) is 3.52. The monoisotopic (exact) mass is 219 g/mol. The molecule has 0 spiro atoms. The maximum Gasteiger partial charge on any atom is 0.146 e. The fourth-order valence-electron chi connectivity index (χ4n) is 1.52. The number of halogens is 2. The van der Waals surface area contributed by atoms with E-state index in [9.17, 15) is 8.78 Å². The highest BCUT2D eigenvalue weighted by atomic mass is 19.1. The molecule has 2 aromatic rings. The van der Waals surface area contributed by atoms with Crippen LogP contribution in [0.5, 0.6) is 0 Å². The van der Waals surface area contributed by atoms with E-state index in [-0.39, 0.29) is 11.3 Å². The molecule has 0 aliphatic rings. The van der Waals surface area contributed by atoms with Crippen molar-refractivity contribution in [2.75, 3.05) is 5.73 Å². The first kappa shape index (κ1) is 10.6. The van der Waals surface area contributed by atoms with Gasteiger partial charge >= 0.3 is 0 Å². The quantitative estimate of drug-likeness (QED) is 0.729. The number of hydrogen-bond donors (Lipinski definition) is 1. The van der Waals surface area contributed by atoms with Crippen LogP contribution in [0.25, 0.3) is 11.1 Å². The van der Waals surface area contributed by atoms with Crippen molar-refractivity contribution in [2.45, 2.75) is 6.92 Å². The van der Waals surface area contributed by atoms with E-state index in [2.05, 4.69) is 0 Å². The Morgan fingerprint density at radius 3 is 2.19 bits per heavy atom. The summed E-state index contributed by atoms with van der Waals surface area (Å²) in [4.78, 5) is 0. The van der Waals surface area contributed by atoms with Crippen LogP contribution in [0, 0.1) is 18.6 Å². The van der Waals surface area contributed by atoms with Crippen molar-refractivity contribution in [2.24, 2.45) is 0 Å². The summed E-state index contributed by atoms with van der Waals surface area (Å²) in [5.41, 5.74) is 7.04. The molecule has 0 saturated carbocycles. The molecule has 0 aliphatic heterocycles. The fraction of sp³-hybridized carbons (Fsp3) is 0.0769. The van der Waals surface area contributed by atoms with E-state index in [1.807, 2.05) is 19.1 Å². The number of rotatable bonds is 1. The molecule has 0 aromatic heterocycles. The third-order valence-corrected chi connectivity index (χ3v) is 2.45. The van der Waals surface area contributed by atoms with Gasteiger partial charge in [0, 0.05) is 11.6 Å². The summed E-state index contributed by atoms with van der Waals surface area (Å²) in [7, 11) is 0. The van der Waals surface area contributed by atoms with Gasteiger partial charge in [-0.05, 0) is 18.6 Å². The smallest absolute Gasteiger partial charge is 0.146 e. The fourth-order valence-corrected chi connectivity index (χ4v) is 1.52. The largest absolute Gasteiger partial charge is 0.396 e. The number of aryl methyl sites for hydroxylation is 1. The lowest BCUT2D eigenvalue weighted by Gasteiger charge is -2.06. The molecule has 0 saturated heterocycles. The molecule has 1 nitrogen and oxygen atoms in total. The van der Waals surface area contributed by atoms with Gasteiger partial charge < -0.3 is 5.73 Å². The van der Waals surface area contributed by atoms with Crippen molar-refractivity contribution in [3.63, 3.8) is 0 Å². The van der Waals surface area contributed by atoms with Crippen molar-refractivity contribution < 1.29 is 8.78 Å². The van der Waals surface area contributed by atoms with Crippen LogP contribution in [-0.2, 0) is 0 Å². The van der Waals surface area contributed by atoms with Gasteiger partial charge in [0.25, 0.3) is 0 Å². The maximum atomic E-state index is 13.6. The zero-order chi connectivity index (χ0) is 11.7. The number of nitrogen functional groups attached to an aromatic ring is 1. The predicted molar refractivity (Wildman–Crippen MR) is 60.9 cm³/mol. The molecule has 2 rings (SSSR count). The Balaban J connectivity index is 2.56. The molecule has 0 bridgehead atoms. The molecule has 0 atom stereocenters. The van der Waals surface area contributed by atoms with E-state index < -0.39 is 11.6 Å². The van der Waals surface area contributed by atoms with Crippen LogP contribution in [0.15, 0.2) is 36.4 Å². The number of anilines is 1. The molecule has 0 amide bonds. The van der Waals surface area contributed by atoms with E-state index >= 15 is 0 Å². The summed E-state index contributed by atoms with van der Waals surface area (Å²) < 4.78 is 26.8. The first-order valence-corrected chi connectivity index (χ1v) is 4.89. The van der Waals surface area contributed by atoms with Crippen LogP contribution in [0.1, 0.15) is 5.56 Å². The van der Waals surface area contributed by atoms with Gasteiger partial charge in [0.1, 0.15) is 11.6 Å². The van der Waals surface area contributed by atoms with Crippen molar-refractivity contribution >= 4 is 5.69 Å². The third-order valence-electron chi connectivity index (χ3n) is 2.45. The second-order valence-corrected chi connectivity index (χ2v) is 3.72. The van der Waals surface area contributed by atoms with Gasteiger partial charge in [0.2, 0.25) is 0 Å². The second kappa shape index (κ2) is 3.93. The Kier molecular flexibility index (Phi) is 2.60. The van der Waals surface area contributed by atoms with Crippen molar-refractivity contribution in [3.8, 4) is 11.1 Å². The first-order valence-electron chi connectivity index (χ1n) is 4.89. The van der Waals surface area contributed by atoms with Gasteiger partial charge in [-0.25, -0.2) is 8.78 Å². The SMILES string of the molecule is Cc1ccc(-c2cc(F)c(N)cc2F)cc1.